The minimum absolute atomic E-state index is 0.515. The number of allylic oxidation sites excluding steroid dienone is 9. The van der Waals surface area contributed by atoms with E-state index in [4.69, 9.17) is 11.6 Å². The largest absolute Gasteiger partial charge is 0.302 e. The second-order valence-corrected chi connectivity index (χ2v) is 6.01. The molecule has 0 aromatic rings. The number of halogens is 1. The van der Waals surface area contributed by atoms with Crippen molar-refractivity contribution < 1.29 is 8.76 Å². The third-order valence-corrected chi connectivity index (χ3v) is 4.17. The van der Waals surface area contributed by atoms with Crippen molar-refractivity contribution in [3.63, 3.8) is 0 Å². The van der Waals surface area contributed by atoms with Crippen LogP contribution < -0.4 is 0 Å². The van der Waals surface area contributed by atoms with Crippen molar-refractivity contribution in [3.8, 4) is 0 Å². The molecule has 2 rings (SSSR count). The van der Waals surface area contributed by atoms with E-state index in [9.17, 15) is 8.76 Å². The molecule has 0 bridgehead atoms. The summed E-state index contributed by atoms with van der Waals surface area (Å²) in [5, 5.41) is 0.716. The summed E-state index contributed by atoms with van der Waals surface area (Å²) in [7, 11) is 0. The fourth-order valence-corrected chi connectivity index (χ4v) is 2.89. The average molecular weight is 297 g/mol. The molecule has 0 amide bonds. The van der Waals surface area contributed by atoms with Crippen molar-refractivity contribution in [2.24, 2.45) is 0 Å². The van der Waals surface area contributed by atoms with Crippen molar-refractivity contribution in [1.29, 1.82) is 0 Å². The maximum Gasteiger partial charge on any atom is 0.186 e. The molecule has 1 unspecified atom stereocenters. The summed E-state index contributed by atoms with van der Waals surface area (Å²) >= 11 is 4.12. The molecule has 0 aromatic carbocycles. The van der Waals surface area contributed by atoms with Crippen LogP contribution in [0.4, 0.5) is 0 Å². The Kier molecular flexibility index (Phi) is 5.37. The fourth-order valence-electron chi connectivity index (χ4n) is 2.24. The molecule has 0 saturated heterocycles. The van der Waals surface area contributed by atoms with E-state index in [-0.39, 0.29) is 0 Å². The van der Waals surface area contributed by atoms with Gasteiger partial charge in [-0.05, 0) is 61.5 Å². The van der Waals surface area contributed by atoms with Crippen LogP contribution in [0.3, 0.4) is 0 Å². The number of hydrogen-bond acceptors (Lipinski definition) is 1. The van der Waals surface area contributed by atoms with Gasteiger partial charge >= 0.3 is 0 Å². The molecule has 2 nitrogen and oxygen atoms in total. The van der Waals surface area contributed by atoms with Gasteiger partial charge in [0.05, 0.1) is 4.91 Å². The Morgan fingerprint density at radius 1 is 1.16 bits per heavy atom. The van der Waals surface area contributed by atoms with Gasteiger partial charge in [-0.3, -0.25) is 0 Å². The van der Waals surface area contributed by atoms with Gasteiger partial charge in [0.15, 0.2) is 11.1 Å². The predicted octanol–water partition coefficient (Wildman–Crippen LogP) is 4.60. The zero-order valence-corrected chi connectivity index (χ0v) is 12.2. The van der Waals surface area contributed by atoms with Crippen LogP contribution in [0.5, 0.6) is 0 Å². The van der Waals surface area contributed by atoms with Gasteiger partial charge in [0.1, 0.15) is 0 Å². The topological polar surface area (TPSA) is 37.3 Å². The Morgan fingerprint density at radius 3 is 2.79 bits per heavy atom. The van der Waals surface area contributed by atoms with Crippen LogP contribution in [-0.2, 0) is 11.1 Å². The lowest BCUT2D eigenvalue weighted by molar-refractivity contribution is 0.572. The maximum absolute atomic E-state index is 11.2. The molecular formula is C15H17ClO2S. The van der Waals surface area contributed by atoms with E-state index >= 15 is 0 Å². The molecule has 0 radical (unpaired) electrons. The molecule has 0 saturated carbocycles. The maximum atomic E-state index is 11.2. The standard InChI is InChI=1S/C15H17ClO2S/c16-14-7-3-1-5-12(9-10-14)13-6-2-4-8-15(11-13)19(17)18/h3,7-11H,1-2,4-6H2,(H,17,18)/b7-3-,12-9+,14-10+. The van der Waals surface area contributed by atoms with Gasteiger partial charge in [-0.2, -0.15) is 0 Å². The summed E-state index contributed by atoms with van der Waals surface area (Å²) in [6.07, 6.45) is 16.3. The first-order chi connectivity index (χ1) is 9.16. The van der Waals surface area contributed by atoms with Crippen LogP contribution in [0.15, 0.2) is 57.5 Å². The molecule has 1 atom stereocenters. The Balaban J connectivity index is 2.29. The molecule has 0 fully saturated rings. The first-order valence-corrected chi connectivity index (χ1v) is 7.90. The molecular weight excluding hydrogens is 280 g/mol. The van der Waals surface area contributed by atoms with Gasteiger partial charge < -0.3 is 4.55 Å². The number of hydrogen-bond donors (Lipinski definition) is 1. The van der Waals surface area contributed by atoms with Gasteiger partial charge in [0, 0.05) is 5.03 Å². The van der Waals surface area contributed by atoms with Crippen LogP contribution in [0.25, 0.3) is 0 Å². The minimum Gasteiger partial charge on any atom is -0.302 e. The van der Waals surface area contributed by atoms with E-state index in [1.54, 1.807) is 0 Å². The normalized spacial score (nSPS) is 29.4. The van der Waals surface area contributed by atoms with Gasteiger partial charge in [-0.25, -0.2) is 4.21 Å². The molecule has 102 valence electrons. The van der Waals surface area contributed by atoms with Crippen LogP contribution in [0.2, 0.25) is 0 Å². The van der Waals surface area contributed by atoms with E-state index in [2.05, 4.69) is 6.08 Å². The third kappa shape index (κ3) is 4.30. The van der Waals surface area contributed by atoms with E-state index in [0.717, 1.165) is 37.7 Å². The second-order valence-electron chi connectivity index (χ2n) is 4.60. The number of rotatable bonds is 2. The van der Waals surface area contributed by atoms with Crippen LogP contribution in [0.1, 0.15) is 32.1 Å². The summed E-state index contributed by atoms with van der Waals surface area (Å²) in [6.45, 7) is 0. The highest BCUT2D eigenvalue weighted by Gasteiger charge is 2.12. The Morgan fingerprint density at radius 2 is 2.00 bits per heavy atom. The van der Waals surface area contributed by atoms with E-state index < -0.39 is 11.1 Å². The van der Waals surface area contributed by atoms with Crippen LogP contribution >= 0.6 is 11.6 Å². The van der Waals surface area contributed by atoms with Crippen molar-refractivity contribution >= 4 is 22.7 Å². The van der Waals surface area contributed by atoms with Crippen molar-refractivity contribution in [3.05, 3.63) is 57.5 Å². The summed E-state index contributed by atoms with van der Waals surface area (Å²) in [5.41, 5.74) is 2.36. The zero-order valence-electron chi connectivity index (χ0n) is 10.6. The van der Waals surface area contributed by atoms with Crippen LogP contribution in [0, 0.1) is 0 Å². The highest BCUT2D eigenvalue weighted by molar-refractivity contribution is 7.83. The SMILES string of the molecule is O=S(O)C1=CCCCC(/C2=C/C=C(Cl)\C=C/CC2)=C1. The summed E-state index contributed by atoms with van der Waals surface area (Å²) in [6, 6.07) is 0. The predicted molar refractivity (Wildman–Crippen MR) is 81.2 cm³/mol. The lowest BCUT2D eigenvalue weighted by atomic mass is 9.95. The molecule has 2 aliphatic carbocycles. The molecule has 19 heavy (non-hydrogen) atoms. The molecule has 0 heterocycles. The lowest BCUT2D eigenvalue weighted by Crippen LogP contribution is -1.94. The van der Waals surface area contributed by atoms with Crippen molar-refractivity contribution in [1.82, 2.24) is 0 Å². The second kappa shape index (κ2) is 7.04. The molecule has 0 aromatic heterocycles. The third-order valence-electron chi connectivity index (χ3n) is 3.23. The lowest BCUT2D eigenvalue weighted by Gasteiger charge is -2.11. The highest BCUT2D eigenvalue weighted by atomic mass is 35.5. The monoisotopic (exact) mass is 296 g/mol. The first kappa shape index (κ1) is 14.5. The van der Waals surface area contributed by atoms with Gasteiger partial charge in [0.25, 0.3) is 0 Å². The van der Waals surface area contributed by atoms with E-state index in [1.165, 1.54) is 5.57 Å². The van der Waals surface area contributed by atoms with Gasteiger partial charge in [0.2, 0.25) is 0 Å². The molecule has 2 aliphatic rings. The fraction of sp³-hybridized carbons (Fsp3) is 0.333. The molecule has 4 heteroatoms. The Labute approximate surface area is 121 Å². The quantitative estimate of drug-likeness (QED) is 0.756. The Hall–Kier alpha value is -0.900. The van der Waals surface area contributed by atoms with Gasteiger partial charge in [-0.1, -0.05) is 29.8 Å². The molecule has 0 spiro atoms. The summed E-state index contributed by atoms with van der Waals surface area (Å²) in [4.78, 5) is 0.515. The average Bonchev–Trinajstić information content (AvgIpc) is 2.60. The Bertz CT molecular complexity index is 524. The van der Waals surface area contributed by atoms with Crippen LogP contribution in [-0.4, -0.2) is 8.76 Å². The van der Waals surface area contributed by atoms with Crippen molar-refractivity contribution in [2.75, 3.05) is 0 Å². The zero-order chi connectivity index (χ0) is 13.7. The molecule has 1 N–H and O–H groups in total. The van der Waals surface area contributed by atoms with Gasteiger partial charge in [-0.15, -0.1) is 0 Å². The minimum atomic E-state index is -1.90. The van der Waals surface area contributed by atoms with E-state index in [1.807, 2.05) is 30.4 Å². The van der Waals surface area contributed by atoms with Crippen molar-refractivity contribution in [2.45, 2.75) is 32.1 Å². The molecule has 0 aliphatic heterocycles. The summed E-state index contributed by atoms with van der Waals surface area (Å²) < 4.78 is 20.5. The summed E-state index contributed by atoms with van der Waals surface area (Å²) in [5.74, 6) is 0. The van der Waals surface area contributed by atoms with E-state index in [0.29, 0.717) is 9.94 Å². The highest BCUT2D eigenvalue weighted by Crippen LogP contribution is 2.28. The first-order valence-electron chi connectivity index (χ1n) is 6.41. The smallest absolute Gasteiger partial charge is 0.186 e.